The first-order valence-electron chi connectivity index (χ1n) is 19.8. The van der Waals surface area contributed by atoms with Crippen LogP contribution in [0.1, 0.15) is 155 Å². The van der Waals surface area contributed by atoms with Crippen LogP contribution in [0.15, 0.2) is 60.8 Å². The van der Waals surface area contributed by atoms with E-state index < -0.39 is 32.5 Å². The van der Waals surface area contributed by atoms with E-state index in [4.69, 9.17) is 24.3 Å². The Morgan fingerprint density at radius 1 is 0.608 bits per heavy atom. The van der Waals surface area contributed by atoms with Crippen molar-refractivity contribution in [2.45, 2.75) is 161 Å². The SMILES string of the molecule is CCC=CCC=CCC=CCC=CCCCCC(=O)OCC(COP(=O)(O)OCCN)OC(=O)CCCCCCCC=CCCCCCCCC. The molecule has 0 spiro atoms. The Labute approximate surface area is 310 Å². The highest BCUT2D eigenvalue weighted by molar-refractivity contribution is 7.47. The summed E-state index contributed by atoms with van der Waals surface area (Å²) >= 11 is 0. The molecule has 0 bridgehead atoms. The molecule has 0 aliphatic heterocycles. The number of rotatable bonds is 36. The molecule has 0 aromatic heterocycles. The highest BCUT2D eigenvalue weighted by Crippen LogP contribution is 2.43. The largest absolute Gasteiger partial charge is 0.472 e. The summed E-state index contributed by atoms with van der Waals surface area (Å²) < 4.78 is 32.6. The molecule has 0 aromatic carbocycles. The normalized spacial score (nSPS) is 14.0. The van der Waals surface area contributed by atoms with Gasteiger partial charge in [-0.1, -0.05) is 126 Å². The summed E-state index contributed by atoms with van der Waals surface area (Å²) in [5, 5.41) is 0. The molecular formula is C41H72NO8P. The lowest BCUT2D eigenvalue weighted by Gasteiger charge is -2.19. The van der Waals surface area contributed by atoms with Crippen LogP contribution in [0.3, 0.4) is 0 Å². The number of hydrogen-bond donors (Lipinski definition) is 2. The zero-order valence-electron chi connectivity index (χ0n) is 32.1. The molecule has 0 aliphatic carbocycles. The summed E-state index contributed by atoms with van der Waals surface area (Å²) in [6.07, 6.45) is 42.5. The minimum absolute atomic E-state index is 0.0438. The van der Waals surface area contributed by atoms with E-state index in [9.17, 15) is 19.0 Å². The molecule has 0 aromatic rings. The van der Waals surface area contributed by atoms with Gasteiger partial charge < -0.3 is 20.1 Å². The van der Waals surface area contributed by atoms with Gasteiger partial charge in [-0.15, -0.1) is 0 Å². The topological polar surface area (TPSA) is 134 Å². The summed E-state index contributed by atoms with van der Waals surface area (Å²) in [6, 6.07) is 0. The van der Waals surface area contributed by atoms with Crippen molar-refractivity contribution in [2.24, 2.45) is 5.73 Å². The Kier molecular flexibility index (Phi) is 35.8. The first-order chi connectivity index (χ1) is 24.8. The van der Waals surface area contributed by atoms with Crippen LogP contribution in [-0.2, 0) is 32.7 Å². The number of ether oxygens (including phenoxy) is 2. The highest BCUT2D eigenvalue weighted by atomic mass is 31.2. The van der Waals surface area contributed by atoms with Crippen molar-refractivity contribution in [3.05, 3.63) is 60.8 Å². The standard InChI is InChI=1S/C41H72NO8P/c1-3-5-7-9-11-13-15-17-19-21-23-25-27-29-31-33-40(43)47-37-39(38-49-51(45,46)48-36-35-42)50-41(44)34-32-30-28-26-24-22-20-18-16-14-12-10-8-6-4-2/h5,7,11,13,17-20,23,25,39H,3-4,6,8-10,12,14-16,21-22,24,26-38,42H2,1-2H3,(H,45,46). The summed E-state index contributed by atoms with van der Waals surface area (Å²) in [5.41, 5.74) is 5.33. The van der Waals surface area contributed by atoms with Crippen LogP contribution >= 0.6 is 7.82 Å². The smallest absolute Gasteiger partial charge is 0.462 e. The molecule has 0 amide bonds. The Bertz CT molecular complexity index is 1020. The van der Waals surface area contributed by atoms with Gasteiger partial charge in [-0.3, -0.25) is 18.6 Å². The summed E-state index contributed by atoms with van der Waals surface area (Å²) in [7, 11) is -4.39. The Morgan fingerprint density at radius 2 is 1.08 bits per heavy atom. The van der Waals surface area contributed by atoms with E-state index in [1.165, 1.54) is 44.9 Å². The van der Waals surface area contributed by atoms with Crippen LogP contribution < -0.4 is 5.73 Å². The molecule has 2 unspecified atom stereocenters. The van der Waals surface area contributed by atoms with E-state index in [0.717, 1.165) is 70.6 Å². The third-order valence-corrected chi connectivity index (χ3v) is 8.87. The molecule has 0 radical (unpaired) electrons. The molecule has 294 valence electrons. The van der Waals surface area contributed by atoms with Crippen molar-refractivity contribution in [3.8, 4) is 0 Å². The van der Waals surface area contributed by atoms with Gasteiger partial charge in [0.1, 0.15) is 6.61 Å². The number of carbonyl (C=O) groups excluding carboxylic acids is 2. The van der Waals surface area contributed by atoms with Gasteiger partial charge >= 0.3 is 19.8 Å². The second-order valence-corrected chi connectivity index (χ2v) is 14.2. The molecule has 2 atom stereocenters. The molecule has 3 N–H and O–H groups in total. The maximum Gasteiger partial charge on any atom is 0.472 e. The average Bonchev–Trinajstić information content (AvgIpc) is 3.11. The van der Waals surface area contributed by atoms with Gasteiger partial charge in [-0.05, 0) is 77.0 Å². The number of allylic oxidation sites excluding steroid dienone is 10. The van der Waals surface area contributed by atoms with Gasteiger partial charge in [0.2, 0.25) is 0 Å². The average molecular weight is 738 g/mol. The predicted octanol–water partition coefficient (Wildman–Crippen LogP) is 10.9. The molecule has 0 rings (SSSR count). The fourth-order valence-corrected chi connectivity index (χ4v) is 5.74. The number of unbranched alkanes of at least 4 members (excludes halogenated alkanes) is 13. The molecule has 0 heterocycles. The van der Waals surface area contributed by atoms with Gasteiger partial charge in [0.15, 0.2) is 6.10 Å². The molecule has 0 aliphatic rings. The van der Waals surface area contributed by atoms with E-state index in [1.807, 2.05) is 0 Å². The number of esters is 2. The molecule has 0 fully saturated rings. The number of nitrogens with two attached hydrogens (primary N) is 1. The maximum atomic E-state index is 12.5. The number of carbonyl (C=O) groups is 2. The van der Waals surface area contributed by atoms with Crippen molar-refractivity contribution in [1.82, 2.24) is 0 Å². The molecule has 9 nitrogen and oxygen atoms in total. The van der Waals surface area contributed by atoms with Crippen LogP contribution in [-0.4, -0.2) is 49.3 Å². The van der Waals surface area contributed by atoms with Crippen molar-refractivity contribution in [1.29, 1.82) is 0 Å². The van der Waals surface area contributed by atoms with Gasteiger partial charge in [0.05, 0.1) is 13.2 Å². The number of phosphoric acid groups is 1. The summed E-state index contributed by atoms with van der Waals surface area (Å²) in [6.45, 7) is 3.53. The quantitative estimate of drug-likeness (QED) is 0.0279. The highest BCUT2D eigenvalue weighted by Gasteiger charge is 2.25. The third kappa shape index (κ3) is 37.3. The summed E-state index contributed by atoms with van der Waals surface area (Å²) in [5.74, 6) is -0.893. The van der Waals surface area contributed by atoms with E-state index in [-0.39, 0.29) is 32.6 Å². The monoisotopic (exact) mass is 737 g/mol. The predicted molar refractivity (Wildman–Crippen MR) is 210 cm³/mol. The minimum Gasteiger partial charge on any atom is -0.462 e. The second kappa shape index (κ2) is 37.5. The van der Waals surface area contributed by atoms with Crippen molar-refractivity contribution in [2.75, 3.05) is 26.4 Å². The minimum atomic E-state index is -4.39. The van der Waals surface area contributed by atoms with E-state index in [0.29, 0.717) is 12.8 Å². The van der Waals surface area contributed by atoms with Crippen molar-refractivity contribution < 1.29 is 37.6 Å². The van der Waals surface area contributed by atoms with Crippen LogP contribution in [0, 0.1) is 0 Å². The Morgan fingerprint density at radius 3 is 1.67 bits per heavy atom. The lowest BCUT2D eigenvalue weighted by molar-refractivity contribution is -0.161. The van der Waals surface area contributed by atoms with Crippen LogP contribution in [0.25, 0.3) is 0 Å². The van der Waals surface area contributed by atoms with Crippen LogP contribution in [0.5, 0.6) is 0 Å². The molecular weight excluding hydrogens is 665 g/mol. The van der Waals surface area contributed by atoms with Crippen molar-refractivity contribution in [3.63, 3.8) is 0 Å². The fraction of sp³-hybridized carbons (Fsp3) is 0.707. The molecule has 10 heteroatoms. The van der Waals surface area contributed by atoms with Crippen LogP contribution in [0.4, 0.5) is 0 Å². The van der Waals surface area contributed by atoms with Gasteiger partial charge in [0, 0.05) is 19.4 Å². The summed E-state index contributed by atoms with van der Waals surface area (Å²) in [4.78, 5) is 34.7. The first-order valence-corrected chi connectivity index (χ1v) is 21.3. The number of hydrogen-bond acceptors (Lipinski definition) is 8. The molecule has 0 saturated carbocycles. The van der Waals surface area contributed by atoms with Gasteiger partial charge in [-0.2, -0.15) is 0 Å². The molecule has 0 saturated heterocycles. The van der Waals surface area contributed by atoms with Gasteiger partial charge in [-0.25, -0.2) is 4.57 Å². The van der Waals surface area contributed by atoms with Crippen LogP contribution in [0.2, 0.25) is 0 Å². The second-order valence-electron chi connectivity index (χ2n) is 12.8. The lowest BCUT2D eigenvalue weighted by atomic mass is 10.1. The zero-order chi connectivity index (χ0) is 37.5. The first kappa shape index (κ1) is 48.7. The lowest BCUT2D eigenvalue weighted by Crippen LogP contribution is -2.29. The molecule has 51 heavy (non-hydrogen) atoms. The van der Waals surface area contributed by atoms with E-state index >= 15 is 0 Å². The van der Waals surface area contributed by atoms with Crippen molar-refractivity contribution >= 4 is 19.8 Å². The maximum absolute atomic E-state index is 12.5. The number of phosphoric ester groups is 1. The zero-order valence-corrected chi connectivity index (χ0v) is 33.0. The van der Waals surface area contributed by atoms with Gasteiger partial charge in [0.25, 0.3) is 0 Å². The third-order valence-electron chi connectivity index (χ3n) is 7.89. The van der Waals surface area contributed by atoms with E-state index in [2.05, 4.69) is 74.6 Å². The Hall–Kier alpha value is -2.29. The fourth-order valence-electron chi connectivity index (χ4n) is 4.97. The Balaban J connectivity index is 4.30. The van der Waals surface area contributed by atoms with E-state index in [1.54, 1.807) is 0 Å².